The van der Waals surface area contributed by atoms with Gasteiger partial charge in [0.1, 0.15) is 0 Å². The van der Waals surface area contributed by atoms with Crippen LogP contribution in [0.5, 0.6) is 0 Å². The molecule has 2 heteroatoms. The van der Waals surface area contributed by atoms with E-state index in [9.17, 15) is 4.79 Å². The summed E-state index contributed by atoms with van der Waals surface area (Å²) in [5.74, 6) is 0.287. The fraction of sp³-hybridized carbons (Fsp3) is 0.741. The average molecular weight is 406 g/mol. The summed E-state index contributed by atoms with van der Waals surface area (Å²) in [5, 5.41) is 3.47. The van der Waals surface area contributed by atoms with E-state index in [0.29, 0.717) is 6.42 Å². The summed E-state index contributed by atoms with van der Waals surface area (Å²) in [6, 6.07) is 8.04. The van der Waals surface area contributed by atoms with Gasteiger partial charge in [-0.1, -0.05) is 106 Å². The molecule has 2 nitrogen and oxygen atoms in total. The molecule has 29 heavy (non-hydrogen) atoms. The molecule has 0 spiro atoms. The Balaban J connectivity index is 0. The highest BCUT2D eigenvalue weighted by Gasteiger charge is 2.05. The second kappa shape index (κ2) is 24.7. The number of benzene rings is 1. The van der Waals surface area contributed by atoms with Crippen LogP contribution in [-0.4, -0.2) is 12.3 Å². The van der Waals surface area contributed by atoms with E-state index in [-0.39, 0.29) is 5.78 Å². The van der Waals surface area contributed by atoms with Gasteiger partial charge in [0.15, 0.2) is 5.78 Å². The Bertz CT molecular complexity index is 438. The Morgan fingerprint density at radius 3 is 1.62 bits per heavy atom. The first-order valence-electron chi connectivity index (χ1n) is 12.6. The van der Waals surface area contributed by atoms with Crippen LogP contribution < -0.4 is 5.32 Å². The molecular weight excluding hydrogens is 354 g/mol. The van der Waals surface area contributed by atoms with Gasteiger partial charge in [-0.15, -0.1) is 0 Å². The molecule has 0 unspecified atom stereocenters. The molecule has 0 saturated carbocycles. The molecule has 0 radical (unpaired) electrons. The molecule has 1 aromatic carbocycles. The van der Waals surface area contributed by atoms with E-state index in [1.54, 1.807) is 0 Å². The first-order valence-corrected chi connectivity index (χ1v) is 12.6. The quantitative estimate of drug-likeness (QED) is 0.219. The maximum absolute atomic E-state index is 12.2. The fourth-order valence-electron chi connectivity index (χ4n) is 3.12. The summed E-state index contributed by atoms with van der Waals surface area (Å²) in [7, 11) is 0. The van der Waals surface area contributed by atoms with E-state index in [4.69, 9.17) is 0 Å². The monoisotopic (exact) mass is 405 g/mol. The van der Waals surface area contributed by atoms with Crippen LogP contribution in [0.15, 0.2) is 24.3 Å². The lowest BCUT2D eigenvalue weighted by atomic mass is 10.0. The number of carbonyl (C=O) groups is 1. The Labute approximate surface area is 183 Å². The maximum Gasteiger partial charge on any atom is 0.162 e. The lowest BCUT2D eigenvalue weighted by molar-refractivity contribution is 0.0979. The second-order valence-corrected chi connectivity index (χ2v) is 7.21. The number of anilines is 1. The number of Topliss-reactive ketones (excluding diaryl/α,β-unsaturated/α-hetero) is 1. The molecule has 0 amide bonds. The van der Waals surface area contributed by atoms with E-state index in [1.807, 2.05) is 52.0 Å². The van der Waals surface area contributed by atoms with Crippen LogP contribution in [0, 0.1) is 0 Å². The zero-order valence-corrected chi connectivity index (χ0v) is 20.6. The molecule has 1 aromatic rings. The minimum absolute atomic E-state index is 0.287. The van der Waals surface area contributed by atoms with Crippen LogP contribution in [0.4, 0.5) is 5.69 Å². The molecule has 0 atom stereocenters. The van der Waals surface area contributed by atoms with Crippen molar-refractivity contribution in [1.82, 2.24) is 0 Å². The predicted octanol–water partition coefficient (Wildman–Crippen LogP) is 9.44. The average Bonchev–Trinajstić information content (AvgIpc) is 2.78. The van der Waals surface area contributed by atoms with Crippen molar-refractivity contribution in [3.05, 3.63) is 29.8 Å². The van der Waals surface area contributed by atoms with Crippen molar-refractivity contribution in [2.75, 3.05) is 11.9 Å². The summed E-state index contributed by atoms with van der Waals surface area (Å²) in [6.45, 7) is 13.5. The lowest BCUT2D eigenvalue weighted by Gasteiger charge is -2.07. The number of hydrogen-bond donors (Lipinski definition) is 1. The Morgan fingerprint density at radius 1 is 0.655 bits per heavy atom. The van der Waals surface area contributed by atoms with Crippen molar-refractivity contribution in [3.63, 3.8) is 0 Å². The fourth-order valence-corrected chi connectivity index (χ4v) is 3.12. The van der Waals surface area contributed by atoms with Gasteiger partial charge in [0.05, 0.1) is 0 Å². The normalized spacial score (nSPS) is 9.72. The third-order valence-corrected chi connectivity index (χ3v) is 4.82. The molecule has 0 saturated heterocycles. The van der Waals surface area contributed by atoms with E-state index in [1.165, 1.54) is 70.6 Å². The minimum Gasteiger partial charge on any atom is -0.385 e. The highest BCUT2D eigenvalue weighted by molar-refractivity contribution is 5.96. The van der Waals surface area contributed by atoms with Crippen LogP contribution in [0.3, 0.4) is 0 Å². The molecule has 0 bridgehead atoms. The topological polar surface area (TPSA) is 29.1 Å². The minimum atomic E-state index is 0.287. The Hall–Kier alpha value is -1.31. The van der Waals surface area contributed by atoms with Gasteiger partial charge in [-0.2, -0.15) is 0 Å². The van der Waals surface area contributed by atoms with Gasteiger partial charge in [-0.25, -0.2) is 0 Å². The van der Waals surface area contributed by atoms with Crippen molar-refractivity contribution >= 4 is 11.5 Å². The third-order valence-electron chi connectivity index (χ3n) is 4.82. The molecule has 0 aromatic heterocycles. The van der Waals surface area contributed by atoms with Crippen LogP contribution in [0.2, 0.25) is 0 Å². The largest absolute Gasteiger partial charge is 0.385 e. The van der Waals surface area contributed by atoms with Gasteiger partial charge < -0.3 is 5.32 Å². The molecule has 1 N–H and O–H groups in total. The van der Waals surface area contributed by atoms with Crippen molar-refractivity contribution in [1.29, 1.82) is 0 Å². The smallest absolute Gasteiger partial charge is 0.162 e. The number of ketones is 1. The van der Waals surface area contributed by atoms with Crippen molar-refractivity contribution in [2.24, 2.45) is 0 Å². The van der Waals surface area contributed by atoms with Crippen molar-refractivity contribution in [2.45, 2.75) is 125 Å². The zero-order chi connectivity index (χ0) is 22.2. The molecule has 0 fully saturated rings. The van der Waals surface area contributed by atoms with Crippen molar-refractivity contribution in [3.8, 4) is 0 Å². The first-order chi connectivity index (χ1) is 14.3. The van der Waals surface area contributed by atoms with E-state index in [2.05, 4.69) is 19.2 Å². The van der Waals surface area contributed by atoms with E-state index >= 15 is 0 Å². The van der Waals surface area contributed by atoms with Crippen LogP contribution >= 0.6 is 0 Å². The predicted molar refractivity (Wildman–Crippen MR) is 133 cm³/mol. The highest BCUT2D eigenvalue weighted by Crippen LogP contribution is 2.14. The lowest BCUT2D eigenvalue weighted by Crippen LogP contribution is -2.03. The molecule has 0 aliphatic carbocycles. The van der Waals surface area contributed by atoms with Gasteiger partial charge in [0, 0.05) is 24.2 Å². The summed E-state index contributed by atoms with van der Waals surface area (Å²) in [5.41, 5.74) is 1.99. The third kappa shape index (κ3) is 18.5. The van der Waals surface area contributed by atoms with Gasteiger partial charge in [-0.05, 0) is 37.1 Å². The molecule has 170 valence electrons. The van der Waals surface area contributed by atoms with Gasteiger partial charge >= 0.3 is 0 Å². The van der Waals surface area contributed by atoms with Crippen LogP contribution in [0.25, 0.3) is 0 Å². The second-order valence-electron chi connectivity index (χ2n) is 7.21. The standard InChI is InChI=1S/C23H39NO.2C2H6/c1-3-5-7-9-10-12-14-20-24-22-18-16-21(17-19-22)23(25)15-13-11-8-6-4-2;2*1-2/h16-19,24H,3-15,20H2,1-2H3;2*1-2H3. The molecule has 1 rings (SSSR count). The van der Waals surface area contributed by atoms with Gasteiger partial charge in [0.25, 0.3) is 0 Å². The van der Waals surface area contributed by atoms with Gasteiger partial charge in [0.2, 0.25) is 0 Å². The maximum atomic E-state index is 12.2. The Morgan fingerprint density at radius 2 is 1.10 bits per heavy atom. The van der Waals surface area contributed by atoms with Crippen LogP contribution in [-0.2, 0) is 0 Å². The molecule has 0 aliphatic rings. The molecule has 0 heterocycles. The number of hydrogen-bond acceptors (Lipinski definition) is 2. The summed E-state index contributed by atoms with van der Waals surface area (Å²) >= 11 is 0. The molecule has 0 aliphatic heterocycles. The number of nitrogens with one attached hydrogen (secondary N) is 1. The number of carbonyl (C=O) groups excluding carboxylic acids is 1. The summed E-state index contributed by atoms with van der Waals surface area (Å²) in [6.07, 6.45) is 16.0. The molecular formula is C27H51NO. The summed E-state index contributed by atoms with van der Waals surface area (Å²) < 4.78 is 0. The first kappa shape index (κ1) is 29.9. The van der Waals surface area contributed by atoms with Crippen LogP contribution in [0.1, 0.15) is 135 Å². The summed E-state index contributed by atoms with van der Waals surface area (Å²) in [4.78, 5) is 12.2. The highest BCUT2D eigenvalue weighted by atomic mass is 16.1. The number of unbranched alkanes of at least 4 members (excludes halogenated alkanes) is 10. The number of rotatable bonds is 16. The SMILES string of the molecule is CC.CC.CCCCCCCCCNc1ccc(C(=O)CCCCCCC)cc1. The Kier molecular flexibility index (Phi) is 25.5. The zero-order valence-electron chi connectivity index (χ0n) is 20.6. The van der Waals surface area contributed by atoms with E-state index < -0.39 is 0 Å². The van der Waals surface area contributed by atoms with E-state index in [0.717, 1.165) is 24.2 Å². The van der Waals surface area contributed by atoms with Gasteiger partial charge in [-0.3, -0.25) is 4.79 Å². The van der Waals surface area contributed by atoms with Crippen molar-refractivity contribution < 1.29 is 4.79 Å².